The first-order chi connectivity index (χ1) is 7.66. The molecular formula is C12H15BrClNS. The Morgan fingerprint density at radius 1 is 1.56 bits per heavy atom. The maximum atomic E-state index is 6.12. The van der Waals surface area contributed by atoms with Crippen LogP contribution in [-0.2, 0) is 0 Å². The Kier molecular flexibility index (Phi) is 4.45. The smallest absolute Gasteiger partial charge is 0.0499 e. The molecule has 0 amide bonds. The van der Waals surface area contributed by atoms with Crippen LogP contribution in [0.15, 0.2) is 16.6 Å². The van der Waals surface area contributed by atoms with Crippen molar-refractivity contribution in [3.63, 3.8) is 0 Å². The predicted molar refractivity (Wildman–Crippen MR) is 77.8 cm³/mol. The maximum absolute atomic E-state index is 6.12. The number of hydrogen-bond acceptors (Lipinski definition) is 2. The van der Waals surface area contributed by atoms with E-state index in [-0.39, 0.29) is 0 Å². The zero-order valence-electron chi connectivity index (χ0n) is 9.22. The minimum atomic E-state index is 0.803. The molecule has 0 saturated carbocycles. The Labute approximate surface area is 114 Å². The van der Waals surface area contributed by atoms with Gasteiger partial charge in [-0.1, -0.05) is 11.6 Å². The summed E-state index contributed by atoms with van der Waals surface area (Å²) in [6.07, 6.45) is 1.33. The summed E-state index contributed by atoms with van der Waals surface area (Å²) in [4.78, 5) is 0. The molecule has 1 atom stereocenters. The third kappa shape index (κ3) is 3.08. The van der Waals surface area contributed by atoms with Gasteiger partial charge in [0, 0.05) is 21.7 Å². The van der Waals surface area contributed by atoms with Crippen molar-refractivity contribution in [1.82, 2.24) is 0 Å². The van der Waals surface area contributed by atoms with Crippen LogP contribution in [0.2, 0.25) is 5.02 Å². The third-order valence-corrected chi connectivity index (χ3v) is 5.15. The van der Waals surface area contributed by atoms with Crippen LogP contribution in [0, 0.1) is 12.8 Å². The Balaban J connectivity index is 2.00. The molecule has 2 rings (SSSR count). The number of halogens is 2. The average molecular weight is 321 g/mol. The van der Waals surface area contributed by atoms with E-state index in [0.29, 0.717) is 0 Å². The van der Waals surface area contributed by atoms with Crippen LogP contribution in [0.5, 0.6) is 0 Å². The monoisotopic (exact) mass is 319 g/mol. The second-order valence-electron chi connectivity index (χ2n) is 4.19. The highest BCUT2D eigenvalue weighted by Crippen LogP contribution is 2.30. The molecule has 1 heterocycles. The Bertz CT molecular complexity index is 378. The van der Waals surface area contributed by atoms with Gasteiger partial charge in [-0.05, 0) is 64.4 Å². The van der Waals surface area contributed by atoms with Gasteiger partial charge in [0.1, 0.15) is 0 Å². The van der Waals surface area contributed by atoms with E-state index in [4.69, 9.17) is 11.6 Å². The molecule has 1 aromatic rings. The second kappa shape index (κ2) is 5.65. The van der Waals surface area contributed by atoms with Crippen molar-refractivity contribution in [1.29, 1.82) is 0 Å². The first-order valence-electron chi connectivity index (χ1n) is 5.44. The van der Waals surface area contributed by atoms with E-state index < -0.39 is 0 Å². The summed E-state index contributed by atoms with van der Waals surface area (Å²) in [5.74, 6) is 3.39. The zero-order chi connectivity index (χ0) is 11.5. The van der Waals surface area contributed by atoms with Crippen molar-refractivity contribution in [2.24, 2.45) is 5.92 Å². The number of benzene rings is 1. The van der Waals surface area contributed by atoms with Gasteiger partial charge in [-0.3, -0.25) is 0 Å². The molecular weight excluding hydrogens is 306 g/mol. The number of nitrogens with one attached hydrogen (secondary N) is 1. The molecule has 1 fully saturated rings. The van der Waals surface area contributed by atoms with E-state index in [1.807, 2.05) is 24.8 Å². The van der Waals surface area contributed by atoms with Crippen LogP contribution < -0.4 is 5.32 Å². The summed E-state index contributed by atoms with van der Waals surface area (Å²) in [5, 5.41) is 4.30. The molecule has 1 aliphatic heterocycles. The SMILES string of the molecule is Cc1cc(Br)c(NCC2CCSC2)cc1Cl. The lowest BCUT2D eigenvalue weighted by molar-refractivity contribution is 0.631. The van der Waals surface area contributed by atoms with Gasteiger partial charge in [-0.15, -0.1) is 0 Å². The van der Waals surface area contributed by atoms with Crippen molar-refractivity contribution in [3.8, 4) is 0 Å². The lowest BCUT2D eigenvalue weighted by atomic mass is 10.1. The van der Waals surface area contributed by atoms with Gasteiger partial charge in [-0.2, -0.15) is 11.8 Å². The molecule has 0 spiro atoms. The van der Waals surface area contributed by atoms with Crippen LogP contribution in [0.1, 0.15) is 12.0 Å². The lowest BCUT2D eigenvalue weighted by Gasteiger charge is -2.13. The lowest BCUT2D eigenvalue weighted by Crippen LogP contribution is -2.13. The summed E-state index contributed by atoms with van der Waals surface area (Å²) in [6.45, 7) is 3.06. The van der Waals surface area contributed by atoms with Gasteiger partial charge in [0.25, 0.3) is 0 Å². The number of hydrogen-bond donors (Lipinski definition) is 1. The molecule has 0 radical (unpaired) electrons. The molecule has 88 valence electrons. The fourth-order valence-electron chi connectivity index (χ4n) is 1.78. The molecule has 0 aromatic heterocycles. The van der Waals surface area contributed by atoms with Gasteiger partial charge >= 0.3 is 0 Å². The highest BCUT2D eigenvalue weighted by atomic mass is 79.9. The molecule has 1 nitrogen and oxygen atoms in total. The van der Waals surface area contributed by atoms with Crippen LogP contribution in [-0.4, -0.2) is 18.1 Å². The topological polar surface area (TPSA) is 12.0 Å². The van der Waals surface area contributed by atoms with Crippen LogP contribution in [0.3, 0.4) is 0 Å². The fraction of sp³-hybridized carbons (Fsp3) is 0.500. The molecule has 0 bridgehead atoms. The predicted octanol–water partition coefficient (Wildman–Crippen LogP) is 4.58. The van der Waals surface area contributed by atoms with Gasteiger partial charge in [0.2, 0.25) is 0 Å². The summed E-state index contributed by atoms with van der Waals surface area (Å²) in [6, 6.07) is 4.07. The molecule has 4 heteroatoms. The van der Waals surface area contributed by atoms with E-state index >= 15 is 0 Å². The van der Waals surface area contributed by atoms with Crippen molar-refractivity contribution >= 4 is 45.0 Å². The zero-order valence-corrected chi connectivity index (χ0v) is 12.4. The van der Waals surface area contributed by atoms with E-state index in [1.54, 1.807) is 0 Å². The van der Waals surface area contributed by atoms with E-state index in [1.165, 1.54) is 17.9 Å². The molecule has 1 N–H and O–H groups in total. The molecule has 16 heavy (non-hydrogen) atoms. The molecule has 1 aliphatic rings. The summed E-state index contributed by atoms with van der Waals surface area (Å²) in [7, 11) is 0. The summed E-state index contributed by atoms with van der Waals surface area (Å²) >= 11 is 11.7. The highest BCUT2D eigenvalue weighted by Gasteiger charge is 2.15. The van der Waals surface area contributed by atoms with Crippen molar-refractivity contribution in [3.05, 3.63) is 27.2 Å². The van der Waals surface area contributed by atoms with Gasteiger partial charge < -0.3 is 5.32 Å². The van der Waals surface area contributed by atoms with E-state index in [2.05, 4.69) is 27.3 Å². The van der Waals surface area contributed by atoms with Gasteiger partial charge in [0.05, 0.1) is 0 Å². The summed E-state index contributed by atoms with van der Waals surface area (Å²) < 4.78 is 1.10. The largest absolute Gasteiger partial charge is 0.384 e. The molecule has 1 saturated heterocycles. The minimum absolute atomic E-state index is 0.803. The van der Waals surface area contributed by atoms with Crippen LogP contribution in [0.25, 0.3) is 0 Å². The normalized spacial score (nSPS) is 20.1. The summed E-state index contributed by atoms with van der Waals surface area (Å²) in [5.41, 5.74) is 2.21. The number of anilines is 1. The van der Waals surface area contributed by atoms with Crippen molar-refractivity contribution in [2.45, 2.75) is 13.3 Å². The van der Waals surface area contributed by atoms with Crippen LogP contribution >= 0.6 is 39.3 Å². The van der Waals surface area contributed by atoms with E-state index in [0.717, 1.165) is 33.2 Å². The first kappa shape index (κ1) is 12.6. The van der Waals surface area contributed by atoms with E-state index in [9.17, 15) is 0 Å². The quantitative estimate of drug-likeness (QED) is 0.875. The number of rotatable bonds is 3. The average Bonchev–Trinajstić information content (AvgIpc) is 2.74. The fourth-order valence-corrected chi connectivity index (χ4v) is 3.83. The maximum Gasteiger partial charge on any atom is 0.0499 e. The molecule has 1 aromatic carbocycles. The number of aryl methyl sites for hydroxylation is 1. The van der Waals surface area contributed by atoms with Gasteiger partial charge in [0.15, 0.2) is 0 Å². The Morgan fingerprint density at radius 3 is 3.06 bits per heavy atom. The van der Waals surface area contributed by atoms with Crippen LogP contribution in [0.4, 0.5) is 5.69 Å². The van der Waals surface area contributed by atoms with Crippen molar-refractivity contribution < 1.29 is 0 Å². The number of thioether (sulfide) groups is 1. The molecule has 1 unspecified atom stereocenters. The first-order valence-corrected chi connectivity index (χ1v) is 7.76. The molecule has 0 aliphatic carbocycles. The Morgan fingerprint density at radius 2 is 2.38 bits per heavy atom. The minimum Gasteiger partial charge on any atom is -0.384 e. The highest BCUT2D eigenvalue weighted by molar-refractivity contribution is 9.10. The Hall–Kier alpha value is 0.140. The van der Waals surface area contributed by atoms with Gasteiger partial charge in [-0.25, -0.2) is 0 Å². The third-order valence-electron chi connectivity index (χ3n) is 2.85. The second-order valence-corrected chi connectivity index (χ2v) is 6.60. The van der Waals surface area contributed by atoms with Crippen molar-refractivity contribution in [2.75, 3.05) is 23.4 Å². The standard InChI is InChI=1S/C12H15BrClNS/c1-8-4-10(13)12(5-11(8)14)15-6-9-2-3-16-7-9/h4-5,9,15H,2-3,6-7H2,1H3.